The van der Waals surface area contributed by atoms with Crippen LogP contribution in [-0.2, 0) is 11.2 Å². The molecule has 0 aromatic heterocycles. The highest BCUT2D eigenvalue weighted by atomic mass is 16.4. The van der Waals surface area contributed by atoms with Crippen molar-refractivity contribution in [3.8, 4) is 0 Å². The van der Waals surface area contributed by atoms with Crippen LogP contribution in [0.4, 0.5) is 11.4 Å². The van der Waals surface area contributed by atoms with E-state index in [0.29, 0.717) is 0 Å². The van der Waals surface area contributed by atoms with Gasteiger partial charge in [-0.2, -0.15) is 0 Å². The quantitative estimate of drug-likeness (QED) is 0.876. The van der Waals surface area contributed by atoms with Crippen LogP contribution < -0.4 is 5.32 Å². The summed E-state index contributed by atoms with van der Waals surface area (Å²) in [7, 11) is 0. The van der Waals surface area contributed by atoms with Crippen LogP contribution in [0.3, 0.4) is 0 Å². The summed E-state index contributed by atoms with van der Waals surface area (Å²) in [5.41, 5.74) is 4.99. The Morgan fingerprint density at radius 2 is 1.84 bits per heavy atom. The predicted octanol–water partition coefficient (Wildman–Crippen LogP) is 3.67. The number of rotatable bonds is 4. The van der Waals surface area contributed by atoms with E-state index in [9.17, 15) is 4.79 Å². The minimum absolute atomic E-state index is 0.0219. The lowest BCUT2D eigenvalue weighted by Crippen LogP contribution is -2.04. The van der Waals surface area contributed by atoms with E-state index in [-0.39, 0.29) is 6.42 Å². The van der Waals surface area contributed by atoms with Gasteiger partial charge in [0, 0.05) is 11.4 Å². The molecule has 0 aliphatic rings. The maximum atomic E-state index is 10.9. The maximum absolute atomic E-state index is 10.9. The Kier molecular flexibility index (Phi) is 3.85. The van der Waals surface area contributed by atoms with E-state index in [0.717, 1.165) is 22.5 Å². The zero-order valence-electron chi connectivity index (χ0n) is 11.1. The Morgan fingerprint density at radius 1 is 1.11 bits per heavy atom. The normalized spacial score (nSPS) is 10.2. The van der Waals surface area contributed by atoms with Gasteiger partial charge in [0.25, 0.3) is 0 Å². The van der Waals surface area contributed by atoms with E-state index < -0.39 is 5.97 Å². The van der Waals surface area contributed by atoms with Gasteiger partial charge >= 0.3 is 5.97 Å². The number of nitrogens with one attached hydrogen (secondary N) is 1. The predicted molar refractivity (Wildman–Crippen MR) is 77.0 cm³/mol. The third-order valence-electron chi connectivity index (χ3n) is 3.01. The summed E-state index contributed by atoms with van der Waals surface area (Å²) in [6, 6.07) is 13.6. The van der Waals surface area contributed by atoms with E-state index in [1.807, 2.05) is 43.3 Å². The van der Waals surface area contributed by atoms with Crippen LogP contribution >= 0.6 is 0 Å². The highest BCUT2D eigenvalue weighted by Gasteiger charge is 2.07. The second-order valence-electron chi connectivity index (χ2n) is 4.67. The molecule has 0 fully saturated rings. The Bertz CT molecular complexity index is 605. The molecule has 2 aromatic carbocycles. The molecule has 2 rings (SSSR count). The Hall–Kier alpha value is -2.29. The van der Waals surface area contributed by atoms with Crippen LogP contribution in [0.15, 0.2) is 42.5 Å². The van der Waals surface area contributed by atoms with E-state index in [4.69, 9.17) is 5.11 Å². The number of aryl methyl sites for hydroxylation is 2. The molecule has 0 aliphatic heterocycles. The van der Waals surface area contributed by atoms with Gasteiger partial charge in [-0.15, -0.1) is 0 Å². The second-order valence-corrected chi connectivity index (χ2v) is 4.67. The number of carboxylic acids is 1. The van der Waals surface area contributed by atoms with Crippen molar-refractivity contribution in [2.24, 2.45) is 0 Å². The summed E-state index contributed by atoms with van der Waals surface area (Å²) in [5.74, 6) is -0.824. The van der Waals surface area contributed by atoms with Gasteiger partial charge in [0.05, 0.1) is 6.42 Å². The number of aliphatic carboxylic acids is 1. The van der Waals surface area contributed by atoms with Crippen molar-refractivity contribution in [3.05, 3.63) is 59.2 Å². The highest BCUT2D eigenvalue weighted by Crippen LogP contribution is 2.24. The zero-order chi connectivity index (χ0) is 13.8. The first-order valence-electron chi connectivity index (χ1n) is 6.20. The molecule has 0 saturated carbocycles. The molecule has 3 heteroatoms. The van der Waals surface area contributed by atoms with Crippen LogP contribution in [0.25, 0.3) is 0 Å². The van der Waals surface area contributed by atoms with E-state index in [2.05, 4.69) is 18.3 Å². The molecule has 0 amide bonds. The number of carboxylic acid groups (broad SMARTS) is 1. The Morgan fingerprint density at radius 3 is 2.53 bits per heavy atom. The third kappa shape index (κ3) is 3.35. The summed E-state index contributed by atoms with van der Waals surface area (Å²) in [4.78, 5) is 10.9. The van der Waals surface area contributed by atoms with E-state index in [1.165, 1.54) is 5.56 Å². The lowest BCUT2D eigenvalue weighted by Gasteiger charge is -2.13. The fourth-order valence-corrected chi connectivity index (χ4v) is 2.06. The topological polar surface area (TPSA) is 49.3 Å². The molecular formula is C16H17NO2. The van der Waals surface area contributed by atoms with E-state index >= 15 is 0 Å². The van der Waals surface area contributed by atoms with Crippen molar-refractivity contribution < 1.29 is 9.90 Å². The molecule has 0 bridgehead atoms. The fraction of sp³-hybridized carbons (Fsp3) is 0.188. The summed E-state index contributed by atoms with van der Waals surface area (Å²) >= 11 is 0. The van der Waals surface area contributed by atoms with Gasteiger partial charge in [0.15, 0.2) is 0 Å². The van der Waals surface area contributed by atoms with Crippen LogP contribution in [0.2, 0.25) is 0 Å². The van der Waals surface area contributed by atoms with Gasteiger partial charge in [0.1, 0.15) is 0 Å². The highest BCUT2D eigenvalue weighted by molar-refractivity contribution is 5.75. The molecule has 0 spiro atoms. The van der Waals surface area contributed by atoms with Crippen molar-refractivity contribution in [2.45, 2.75) is 20.3 Å². The molecule has 0 saturated heterocycles. The molecule has 0 unspecified atom stereocenters. The lowest BCUT2D eigenvalue weighted by atomic mass is 10.1. The SMILES string of the molecule is Cc1ccc(Nc2ccccc2CC(=O)O)c(C)c1. The molecule has 19 heavy (non-hydrogen) atoms. The van der Waals surface area contributed by atoms with Crippen molar-refractivity contribution >= 4 is 17.3 Å². The molecule has 0 heterocycles. The molecule has 98 valence electrons. The first kappa shape index (κ1) is 13.1. The van der Waals surface area contributed by atoms with Gasteiger partial charge in [-0.3, -0.25) is 4.79 Å². The summed E-state index contributed by atoms with van der Waals surface area (Å²) < 4.78 is 0. The van der Waals surface area contributed by atoms with Crippen LogP contribution in [-0.4, -0.2) is 11.1 Å². The summed E-state index contributed by atoms with van der Waals surface area (Å²) in [6.07, 6.45) is 0.0219. The van der Waals surface area contributed by atoms with Crippen molar-refractivity contribution in [3.63, 3.8) is 0 Å². The van der Waals surface area contributed by atoms with Gasteiger partial charge in [-0.1, -0.05) is 35.9 Å². The molecule has 3 nitrogen and oxygen atoms in total. The third-order valence-corrected chi connectivity index (χ3v) is 3.01. The molecular weight excluding hydrogens is 238 g/mol. The molecule has 0 atom stereocenters. The largest absolute Gasteiger partial charge is 0.481 e. The number of hydrogen-bond acceptors (Lipinski definition) is 2. The van der Waals surface area contributed by atoms with Gasteiger partial charge in [-0.25, -0.2) is 0 Å². The second kappa shape index (κ2) is 5.57. The van der Waals surface area contributed by atoms with Crippen LogP contribution in [0.5, 0.6) is 0 Å². The number of hydrogen-bond donors (Lipinski definition) is 2. The number of anilines is 2. The Balaban J connectivity index is 2.30. The van der Waals surface area contributed by atoms with Gasteiger partial charge < -0.3 is 10.4 Å². The minimum Gasteiger partial charge on any atom is -0.481 e. The monoisotopic (exact) mass is 255 g/mol. The van der Waals surface area contributed by atoms with Crippen molar-refractivity contribution in [1.29, 1.82) is 0 Å². The van der Waals surface area contributed by atoms with E-state index in [1.54, 1.807) is 0 Å². The molecule has 2 N–H and O–H groups in total. The average Bonchev–Trinajstić information content (AvgIpc) is 2.34. The lowest BCUT2D eigenvalue weighted by molar-refractivity contribution is -0.136. The summed E-state index contributed by atoms with van der Waals surface area (Å²) in [5, 5.41) is 12.2. The van der Waals surface area contributed by atoms with Gasteiger partial charge in [-0.05, 0) is 37.1 Å². The molecule has 0 radical (unpaired) electrons. The first-order valence-corrected chi connectivity index (χ1v) is 6.20. The van der Waals surface area contributed by atoms with Crippen LogP contribution in [0, 0.1) is 13.8 Å². The molecule has 0 aliphatic carbocycles. The fourth-order valence-electron chi connectivity index (χ4n) is 2.06. The maximum Gasteiger partial charge on any atom is 0.307 e. The average molecular weight is 255 g/mol. The number of para-hydroxylation sites is 1. The number of carbonyl (C=O) groups is 1. The Labute approximate surface area is 112 Å². The minimum atomic E-state index is -0.824. The smallest absolute Gasteiger partial charge is 0.307 e. The summed E-state index contributed by atoms with van der Waals surface area (Å²) in [6.45, 7) is 4.09. The van der Waals surface area contributed by atoms with Crippen molar-refractivity contribution in [1.82, 2.24) is 0 Å². The number of benzene rings is 2. The van der Waals surface area contributed by atoms with Crippen LogP contribution in [0.1, 0.15) is 16.7 Å². The first-order chi connectivity index (χ1) is 9.06. The standard InChI is InChI=1S/C16H17NO2/c1-11-7-8-14(12(2)9-11)17-15-6-4-3-5-13(15)10-16(18)19/h3-9,17H,10H2,1-2H3,(H,18,19). The van der Waals surface area contributed by atoms with Gasteiger partial charge in [0.2, 0.25) is 0 Å². The van der Waals surface area contributed by atoms with Crippen molar-refractivity contribution in [2.75, 3.05) is 5.32 Å². The zero-order valence-corrected chi connectivity index (χ0v) is 11.1. The molecule has 2 aromatic rings.